The summed E-state index contributed by atoms with van der Waals surface area (Å²) in [6.45, 7) is 0. The lowest BCUT2D eigenvalue weighted by Gasteiger charge is -2.10. The molecule has 7 nitrogen and oxygen atoms in total. The van der Waals surface area contributed by atoms with Crippen molar-refractivity contribution in [1.82, 2.24) is 15.0 Å². The first-order valence-corrected chi connectivity index (χ1v) is 10.4. The summed E-state index contributed by atoms with van der Waals surface area (Å²) < 4.78 is 57.9. The van der Waals surface area contributed by atoms with Gasteiger partial charge >= 0.3 is 12.2 Å². The molecule has 0 aliphatic heterocycles. The van der Waals surface area contributed by atoms with Crippen LogP contribution in [0, 0.1) is 5.82 Å². The van der Waals surface area contributed by atoms with Gasteiger partial charge in [0.2, 0.25) is 0 Å². The highest BCUT2D eigenvalue weighted by atomic mass is 79.9. The van der Waals surface area contributed by atoms with Crippen molar-refractivity contribution in [2.24, 2.45) is 0 Å². The number of anilines is 2. The van der Waals surface area contributed by atoms with Crippen LogP contribution in [-0.2, 0) is 6.18 Å². The summed E-state index contributed by atoms with van der Waals surface area (Å²) in [7, 11) is 0. The number of hydrogen-bond donors (Lipinski definition) is 3. The number of pyridine rings is 1. The van der Waals surface area contributed by atoms with Crippen molar-refractivity contribution in [2.75, 3.05) is 10.6 Å². The summed E-state index contributed by atoms with van der Waals surface area (Å²) in [5.74, 6) is 0.180. The Morgan fingerprint density at radius 3 is 2.32 bits per heavy atom. The topological polar surface area (TPSA) is 91.9 Å². The van der Waals surface area contributed by atoms with Crippen molar-refractivity contribution in [3.63, 3.8) is 0 Å². The number of rotatable bonds is 5. The van der Waals surface area contributed by atoms with Crippen LogP contribution in [-0.4, -0.2) is 21.0 Å². The van der Waals surface area contributed by atoms with Crippen molar-refractivity contribution < 1.29 is 27.1 Å². The molecule has 12 heteroatoms. The summed E-state index contributed by atoms with van der Waals surface area (Å²) >= 11 is 3.04. The third-order valence-corrected chi connectivity index (χ3v) is 5.02. The number of H-pyrrole nitrogens is 1. The normalized spacial score (nSPS) is 11.2. The van der Waals surface area contributed by atoms with Crippen LogP contribution in [0.5, 0.6) is 11.5 Å². The van der Waals surface area contributed by atoms with Crippen LogP contribution >= 0.6 is 15.9 Å². The molecule has 4 aromatic rings. The molecule has 2 aromatic heterocycles. The summed E-state index contributed by atoms with van der Waals surface area (Å²) in [6.07, 6.45) is -2.47. The predicted molar refractivity (Wildman–Crippen MR) is 120 cm³/mol. The maximum absolute atomic E-state index is 13.6. The first kappa shape index (κ1) is 23.2. The van der Waals surface area contributed by atoms with E-state index >= 15 is 0 Å². The van der Waals surface area contributed by atoms with E-state index in [4.69, 9.17) is 4.74 Å². The van der Waals surface area contributed by atoms with Gasteiger partial charge in [-0.2, -0.15) is 13.2 Å². The lowest BCUT2D eigenvalue weighted by Crippen LogP contribution is -2.19. The van der Waals surface area contributed by atoms with Gasteiger partial charge in [0.15, 0.2) is 5.82 Å². The number of aromatic nitrogens is 3. The Kier molecular flexibility index (Phi) is 6.50. The van der Waals surface area contributed by atoms with Crippen molar-refractivity contribution >= 4 is 33.3 Å². The lowest BCUT2D eigenvalue weighted by molar-refractivity contribution is -0.140. The van der Waals surface area contributed by atoms with Crippen LogP contribution in [0.2, 0.25) is 0 Å². The molecule has 2 aromatic carbocycles. The van der Waals surface area contributed by atoms with Gasteiger partial charge in [-0.15, -0.1) is 0 Å². The molecule has 2 heterocycles. The monoisotopic (exact) mass is 535 g/mol. The van der Waals surface area contributed by atoms with E-state index in [0.717, 1.165) is 0 Å². The second-order valence-electron chi connectivity index (χ2n) is 6.85. The van der Waals surface area contributed by atoms with Crippen LogP contribution in [0.3, 0.4) is 0 Å². The number of hydrogen-bond acceptors (Lipinski definition) is 4. The molecule has 0 radical (unpaired) electrons. The molecule has 0 atom stereocenters. The van der Waals surface area contributed by atoms with E-state index in [1.807, 2.05) is 0 Å². The number of alkyl halides is 3. The summed E-state index contributed by atoms with van der Waals surface area (Å²) in [5, 5.41) is 5.12. The van der Waals surface area contributed by atoms with Gasteiger partial charge in [0.1, 0.15) is 28.7 Å². The first-order valence-electron chi connectivity index (χ1n) is 9.57. The average Bonchev–Trinajstić information content (AvgIpc) is 3.29. The van der Waals surface area contributed by atoms with Gasteiger partial charge in [-0.25, -0.2) is 14.2 Å². The summed E-state index contributed by atoms with van der Waals surface area (Å²) in [5.41, 5.74) is -0.0703. The number of urea groups is 1. The molecule has 0 aliphatic rings. The van der Waals surface area contributed by atoms with E-state index < -0.39 is 23.7 Å². The quantitative estimate of drug-likeness (QED) is 0.244. The van der Waals surface area contributed by atoms with Crippen LogP contribution in [0.15, 0.2) is 71.5 Å². The van der Waals surface area contributed by atoms with E-state index in [9.17, 15) is 22.4 Å². The van der Waals surface area contributed by atoms with Gasteiger partial charge < -0.3 is 20.4 Å². The van der Waals surface area contributed by atoms with E-state index in [2.05, 4.69) is 41.5 Å². The van der Waals surface area contributed by atoms with E-state index in [0.29, 0.717) is 23.4 Å². The minimum Gasteiger partial charge on any atom is -0.457 e. The number of aromatic amines is 1. The second kappa shape index (κ2) is 9.51. The molecule has 0 saturated heterocycles. The van der Waals surface area contributed by atoms with E-state index in [1.54, 1.807) is 30.3 Å². The Morgan fingerprint density at radius 2 is 1.65 bits per heavy atom. The zero-order valence-corrected chi connectivity index (χ0v) is 18.5. The Balaban J connectivity index is 1.39. The van der Waals surface area contributed by atoms with Crippen LogP contribution in [0.4, 0.5) is 33.7 Å². The highest BCUT2D eigenvalue weighted by Crippen LogP contribution is 2.30. The fraction of sp³-hybridized carbons (Fsp3) is 0.0455. The largest absolute Gasteiger partial charge is 0.457 e. The van der Waals surface area contributed by atoms with Crippen LogP contribution in [0.1, 0.15) is 5.69 Å². The zero-order chi connectivity index (χ0) is 24.3. The molecular weight excluding hydrogens is 522 g/mol. The highest BCUT2D eigenvalue weighted by Gasteiger charge is 2.33. The van der Waals surface area contributed by atoms with Gasteiger partial charge in [0.05, 0.1) is 10.7 Å². The smallest absolute Gasteiger partial charge is 0.432 e. The molecule has 3 N–H and O–H groups in total. The fourth-order valence-electron chi connectivity index (χ4n) is 2.81. The number of imidazole rings is 1. The Morgan fingerprint density at radius 1 is 0.941 bits per heavy atom. The van der Waals surface area contributed by atoms with Gasteiger partial charge in [0.25, 0.3) is 0 Å². The molecular formula is C22H14BrF4N5O2. The molecule has 174 valence electrons. The molecule has 0 aliphatic carbocycles. The number of amides is 2. The maximum atomic E-state index is 13.6. The Bertz CT molecular complexity index is 1330. The number of halogens is 5. The van der Waals surface area contributed by atoms with Gasteiger partial charge in [0, 0.05) is 23.6 Å². The predicted octanol–water partition coefficient (Wildman–Crippen LogP) is 6.83. The second-order valence-corrected chi connectivity index (χ2v) is 7.71. The Hall–Kier alpha value is -3.93. The first-order chi connectivity index (χ1) is 16.2. The number of benzene rings is 2. The minimum absolute atomic E-state index is 0.0472. The van der Waals surface area contributed by atoms with E-state index in [-0.39, 0.29) is 21.7 Å². The van der Waals surface area contributed by atoms with Crippen LogP contribution in [0.25, 0.3) is 11.5 Å². The molecule has 0 fully saturated rings. The third-order valence-electron chi connectivity index (χ3n) is 4.38. The van der Waals surface area contributed by atoms with Gasteiger partial charge in [-0.3, -0.25) is 4.98 Å². The van der Waals surface area contributed by atoms with Gasteiger partial charge in [-0.1, -0.05) is 0 Å². The summed E-state index contributed by atoms with van der Waals surface area (Å²) in [6, 6.07) is 12.9. The summed E-state index contributed by atoms with van der Waals surface area (Å²) in [4.78, 5) is 22.0. The van der Waals surface area contributed by atoms with Gasteiger partial charge in [-0.05, 0) is 64.5 Å². The van der Waals surface area contributed by atoms with Crippen molar-refractivity contribution in [3.05, 3.63) is 83.0 Å². The number of ether oxygens (including phenoxy) is 1. The van der Waals surface area contributed by atoms with Crippen LogP contribution < -0.4 is 15.4 Å². The number of carbonyl (C=O) groups excluding carboxylic acids is 1. The highest BCUT2D eigenvalue weighted by molar-refractivity contribution is 9.10. The maximum Gasteiger partial charge on any atom is 0.432 e. The standard InChI is InChI=1S/C22H14BrF4N5O2/c23-16-6-3-13(9-17(16)24)31-21(33)30-12-1-4-14(5-2-12)34-15-7-8-28-18(10-15)20-29-11-19(32-20)22(25,26)27/h1-11H,(H,29,32)(H2,30,31,33). The number of nitrogens with one attached hydrogen (secondary N) is 3. The number of carbonyl (C=O) groups is 1. The molecule has 34 heavy (non-hydrogen) atoms. The third kappa shape index (κ3) is 5.70. The molecule has 4 rings (SSSR count). The lowest BCUT2D eigenvalue weighted by atomic mass is 10.3. The van der Waals surface area contributed by atoms with Crippen molar-refractivity contribution in [3.8, 4) is 23.0 Å². The minimum atomic E-state index is -4.54. The SMILES string of the molecule is O=C(Nc1ccc(Oc2ccnc(-c3ncc(C(F)(F)F)[nH]3)c2)cc1)Nc1ccc(Br)c(F)c1. The number of nitrogens with zero attached hydrogens (tertiary/aromatic N) is 2. The molecule has 0 saturated carbocycles. The zero-order valence-electron chi connectivity index (χ0n) is 17.0. The fourth-order valence-corrected chi connectivity index (χ4v) is 3.06. The molecule has 0 spiro atoms. The van der Waals surface area contributed by atoms with Crippen molar-refractivity contribution in [1.29, 1.82) is 0 Å². The molecule has 0 bridgehead atoms. The van der Waals surface area contributed by atoms with E-state index in [1.165, 1.54) is 30.5 Å². The van der Waals surface area contributed by atoms with Crippen molar-refractivity contribution in [2.45, 2.75) is 6.18 Å². The molecule has 0 unspecified atom stereocenters. The Labute approximate surface area is 198 Å². The molecule has 2 amide bonds. The average molecular weight is 536 g/mol.